The Labute approximate surface area is 191 Å². The molecule has 0 amide bonds. The van der Waals surface area contributed by atoms with Crippen molar-refractivity contribution in [3.63, 3.8) is 0 Å². The first-order valence-corrected chi connectivity index (χ1v) is 10.5. The Hall–Kier alpha value is -3.62. The molecule has 3 N–H and O–H groups in total. The molecule has 1 saturated heterocycles. The van der Waals surface area contributed by atoms with E-state index in [0.717, 1.165) is 71.3 Å². The molecule has 5 aromatic rings. The predicted octanol–water partition coefficient (Wildman–Crippen LogP) is 3.85. The Morgan fingerprint density at radius 2 is 1.78 bits per heavy atom. The lowest BCUT2D eigenvalue weighted by molar-refractivity contribution is 0.589. The number of H-pyrrole nitrogens is 1. The molecule has 6 rings (SSSR count). The average molecular weight is 447 g/mol. The fourth-order valence-corrected chi connectivity index (χ4v) is 4.06. The first-order chi connectivity index (χ1) is 15.3. The van der Waals surface area contributed by atoms with E-state index in [4.69, 9.17) is 4.98 Å². The third-order valence-corrected chi connectivity index (χ3v) is 5.67. The lowest BCUT2D eigenvalue weighted by Crippen LogP contribution is -2.43. The van der Waals surface area contributed by atoms with Crippen LogP contribution in [0.4, 0.5) is 17.3 Å². The zero-order valence-corrected chi connectivity index (χ0v) is 18.1. The largest absolute Gasteiger partial charge is 0.368 e. The quantitative estimate of drug-likeness (QED) is 0.389. The van der Waals surface area contributed by atoms with Gasteiger partial charge in [0.2, 0.25) is 0 Å². The highest BCUT2D eigenvalue weighted by atomic mass is 35.5. The molecule has 0 aliphatic carbocycles. The van der Waals surface area contributed by atoms with E-state index in [0.29, 0.717) is 0 Å². The fourth-order valence-electron chi connectivity index (χ4n) is 4.06. The number of pyridine rings is 1. The number of aromatic amines is 1. The van der Waals surface area contributed by atoms with Gasteiger partial charge in [-0.15, -0.1) is 17.5 Å². The van der Waals surface area contributed by atoms with E-state index < -0.39 is 0 Å². The maximum atomic E-state index is 4.74. The molecule has 5 heterocycles. The molecular weight excluding hydrogens is 424 g/mol. The van der Waals surface area contributed by atoms with Gasteiger partial charge in [-0.2, -0.15) is 0 Å². The molecule has 1 aromatic carbocycles. The molecule has 8 nitrogen and oxygen atoms in total. The normalized spacial score (nSPS) is 13.9. The number of fused-ring (bicyclic) bond motifs is 2. The lowest BCUT2D eigenvalue weighted by Gasteiger charge is -2.29. The van der Waals surface area contributed by atoms with Crippen molar-refractivity contribution in [1.82, 2.24) is 29.9 Å². The fraction of sp³-hybridized carbons (Fsp3) is 0.174. The second-order valence-electron chi connectivity index (χ2n) is 7.66. The summed E-state index contributed by atoms with van der Waals surface area (Å²) in [6.45, 7) is 4.03. The predicted molar refractivity (Wildman–Crippen MR) is 130 cm³/mol. The van der Waals surface area contributed by atoms with Crippen LogP contribution in [0.15, 0.2) is 67.1 Å². The molecule has 0 saturated carbocycles. The van der Waals surface area contributed by atoms with Crippen molar-refractivity contribution in [2.75, 3.05) is 36.4 Å². The van der Waals surface area contributed by atoms with Crippen LogP contribution >= 0.6 is 12.4 Å². The Kier molecular flexibility index (Phi) is 5.38. The molecule has 0 radical (unpaired) electrons. The summed E-state index contributed by atoms with van der Waals surface area (Å²) in [5.41, 5.74) is 5.00. The number of para-hydroxylation sites is 1. The minimum atomic E-state index is 0. The number of benzene rings is 1. The molecule has 0 unspecified atom stereocenters. The van der Waals surface area contributed by atoms with Gasteiger partial charge in [-0.05, 0) is 30.3 Å². The molecule has 0 bridgehead atoms. The first-order valence-electron chi connectivity index (χ1n) is 10.5. The number of anilines is 3. The zero-order chi connectivity index (χ0) is 20.6. The van der Waals surface area contributed by atoms with E-state index in [9.17, 15) is 0 Å². The molecule has 1 fully saturated rings. The number of aromatic nitrogens is 5. The van der Waals surface area contributed by atoms with Gasteiger partial charge in [-0.3, -0.25) is 0 Å². The van der Waals surface area contributed by atoms with Crippen LogP contribution in [0.25, 0.3) is 27.8 Å². The second kappa shape index (κ2) is 8.49. The summed E-state index contributed by atoms with van der Waals surface area (Å²) in [5, 5.41) is 12.5. The summed E-state index contributed by atoms with van der Waals surface area (Å²) in [6.07, 6.45) is 5.87. The number of hydrogen-bond acceptors (Lipinski definition) is 6. The number of imidazole rings is 1. The molecule has 4 aromatic heterocycles. The smallest absolute Gasteiger partial charge is 0.154 e. The molecule has 9 heteroatoms. The second-order valence-corrected chi connectivity index (χ2v) is 7.66. The number of piperazine rings is 1. The van der Waals surface area contributed by atoms with Gasteiger partial charge in [0.15, 0.2) is 11.5 Å². The first kappa shape index (κ1) is 20.3. The van der Waals surface area contributed by atoms with Crippen LogP contribution < -0.4 is 15.5 Å². The highest BCUT2D eigenvalue weighted by Gasteiger charge is 2.12. The van der Waals surface area contributed by atoms with E-state index >= 15 is 0 Å². The maximum absolute atomic E-state index is 4.74. The number of nitrogens with one attached hydrogen (secondary N) is 3. The summed E-state index contributed by atoms with van der Waals surface area (Å²) in [4.78, 5) is 15.0. The van der Waals surface area contributed by atoms with Crippen LogP contribution in [0, 0.1) is 0 Å². The van der Waals surface area contributed by atoms with Crippen LogP contribution in [0.2, 0.25) is 0 Å². The topological polar surface area (TPSA) is 86.2 Å². The number of rotatable bonds is 4. The maximum Gasteiger partial charge on any atom is 0.154 e. The van der Waals surface area contributed by atoms with Gasteiger partial charge in [0.25, 0.3) is 0 Å². The monoisotopic (exact) mass is 446 g/mol. The Bertz CT molecular complexity index is 1350. The third-order valence-electron chi connectivity index (χ3n) is 5.67. The number of hydrogen-bond donors (Lipinski definition) is 3. The van der Waals surface area contributed by atoms with Gasteiger partial charge in [0.1, 0.15) is 5.82 Å². The molecule has 1 aliphatic heterocycles. The van der Waals surface area contributed by atoms with Crippen LogP contribution in [-0.2, 0) is 0 Å². The zero-order valence-electron chi connectivity index (χ0n) is 17.3. The molecule has 162 valence electrons. The summed E-state index contributed by atoms with van der Waals surface area (Å²) in [6, 6.07) is 16.2. The Balaban J connectivity index is 0.00000216. The van der Waals surface area contributed by atoms with Crippen molar-refractivity contribution in [3.05, 3.63) is 67.1 Å². The van der Waals surface area contributed by atoms with Crippen LogP contribution in [-0.4, -0.2) is 50.7 Å². The molecular formula is C23H23ClN8. The van der Waals surface area contributed by atoms with Gasteiger partial charge in [0, 0.05) is 48.8 Å². The van der Waals surface area contributed by atoms with Crippen molar-refractivity contribution < 1.29 is 0 Å². The van der Waals surface area contributed by atoms with Crippen molar-refractivity contribution in [1.29, 1.82) is 0 Å². The third kappa shape index (κ3) is 3.74. The molecule has 0 spiro atoms. The van der Waals surface area contributed by atoms with Gasteiger partial charge in [-0.25, -0.2) is 14.5 Å². The standard InChI is InChI=1S/C23H22N8.ClH/c1-2-4-19-17(3-1)18(14-25-19)20-15-31-23(27-20)8-7-22(29-31)28-21-6-5-16(13-26-21)30-11-9-24-10-12-30;/h1-8,13-15,24-25H,9-12H2,(H,26,28,29);1H. The summed E-state index contributed by atoms with van der Waals surface area (Å²) in [7, 11) is 0. The minimum Gasteiger partial charge on any atom is -0.368 e. The van der Waals surface area contributed by atoms with E-state index in [1.54, 1.807) is 4.52 Å². The molecule has 0 atom stereocenters. The van der Waals surface area contributed by atoms with E-state index in [-0.39, 0.29) is 12.4 Å². The summed E-state index contributed by atoms with van der Waals surface area (Å²) < 4.78 is 1.80. The van der Waals surface area contributed by atoms with Gasteiger partial charge in [0.05, 0.1) is 23.8 Å². The SMILES string of the molecule is Cl.c1ccc2c(-c3cn4nc(Nc5ccc(N6CCNCC6)cn5)ccc4n3)c[nH]c2c1. The average Bonchev–Trinajstić information content (AvgIpc) is 3.44. The van der Waals surface area contributed by atoms with Gasteiger partial charge in [-0.1, -0.05) is 18.2 Å². The minimum absolute atomic E-state index is 0. The highest BCUT2D eigenvalue weighted by Crippen LogP contribution is 2.28. The summed E-state index contributed by atoms with van der Waals surface area (Å²) in [5.74, 6) is 1.49. The van der Waals surface area contributed by atoms with Crippen LogP contribution in [0.5, 0.6) is 0 Å². The van der Waals surface area contributed by atoms with E-state index in [1.807, 2.05) is 48.9 Å². The van der Waals surface area contributed by atoms with E-state index in [1.165, 1.54) is 0 Å². The van der Waals surface area contributed by atoms with Crippen molar-refractivity contribution >= 4 is 46.3 Å². The molecule has 32 heavy (non-hydrogen) atoms. The lowest BCUT2D eigenvalue weighted by atomic mass is 10.1. The van der Waals surface area contributed by atoms with Crippen LogP contribution in [0.1, 0.15) is 0 Å². The van der Waals surface area contributed by atoms with E-state index in [2.05, 4.69) is 48.8 Å². The summed E-state index contributed by atoms with van der Waals surface area (Å²) >= 11 is 0. The molecule has 1 aliphatic rings. The van der Waals surface area contributed by atoms with Crippen LogP contribution in [0.3, 0.4) is 0 Å². The van der Waals surface area contributed by atoms with Crippen molar-refractivity contribution in [2.24, 2.45) is 0 Å². The Morgan fingerprint density at radius 3 is 2.62 bits per heavy atom. The van der Waals surface area contributed by atoms with Gasteiger partial charge < -0.3 is 20.5 Å². The van der Waals surface area contributed by atoms with Crippen molar-refractivity contribution in [2.45, 2.75) is 0 Å². The van der Waals surface area contributed by atoms with Gasteiger partial charge >= 0.3 is 0 Å². The highest BCUT2D eigenvalue weighted by molar-refractivity contribution is 5.94. The number of halogens is 1. The number of nitrogens with zero attached hydrogens (tertiary/aromatic N) is 5. The Morgan fingerprint density at radius 1 is 0.938 bits per heavy atom. The van der Waals surface area contributed by atoms with Crippen molar-refractivity contribution in [3.8, 4) is 11.3 Å².